The third kappa shape index (κ3) is 2.83. The Morgan fingerprint density at radius 3 is 2.53 bits per heavy atom. The van der Waals surface area contributed by atoms with Crippen molar-refractivity contribution in [2.45, 2.75) is 32.2 Å². The Morgan fingerprint density at radius 1 is 1.40 bits per heavy atom. The highest BCUT2D eigenvalue weighted by molar-refractivity contribution is 5.44. The van der Waals surface area contributed by atoms with Crippen molar-refractivity contribution in [2.75, 3.05) is 17.7 Å². The van der Waals surface area contributed by atoms with E-state index in [2.05, 4.69) is 10.3 Å². The largest absolute Gasteiger partial charge is 0.394 e. The summed E-state index contributed by atoms with van der Waals surface area (Å²) in [5.74, 6) is 1.20. The van der Waals surface area contributed by atoms with Crippen molar-refractivity contribution in [3.05, 3.63) is 18.2 Å². The number of aliphatic hydroxyl groups excluding tert-OH is 1. The van der Waals surface area contributed by atoms with E-state index in [9.17, 15) is 5.11 Å². The summed E-state index contributed by atoms with van der Waals surface area (Å²) in [6.45, 7) is 4.18. The molecule has 1 aromatic heterocycles. The minimum atomic E-state index is -0.291. The molecule has 0 bridgehead atoms. The Labute approximate surface area is 90.5 Å². The van der Waals surface area contributed by atoms with Crippen LogP contribution < -0.4 is 11.1 Å². The number of rotatable bonds is 5. The van der Waals surface area contributed by atoms with Crippen LogP contribution in [0, 0.1) is 0 Å². The van der Waals surface area contributed by atoms with E-state index in [-0.39, 0.29) is 12.1 Å². The van der Waals surface area contributed by atoms with Crippen LogP contribution in [-0.2, 0) is 0 Å². The molecule has 0 fully saturated rings. The number of aromatic nitrogens is 1. The van der Waals surface area contributed by atoms with Crippen molar-refractivity contribution in [2.24, 2.45) is 0 Å². The molecule has 0 saturated heterocycles. The van der Waals surface area contributed by atoms with E-state index >= 15 is 0 Å². The van der Waals surface area contributed by atoms with Crippen LogP contribution in [0.15, 0.2) is 18.2 Å². The van der Waals surface area contributed by atoms with Gasteiger partial charge in [0.2, 0.25) is 0 Å². The van der Waals surface area contributed by atoms with Crippen molar-refractivity contribution >= 4 is 11.6 Å². The second-order valence-electron chi connectivity index (χ2n) is 3.72. The van der Waals surface area contributed by atoms with Gasteiger partial charge in [0.15, 0.2) is 0 Å². The van der Waals surface area contributed by atoms with Gasteiger partial charge in [0, 0.05) is 0 Å². The van der Waals surface area contributed by atoms with Crippen molar-refractivity contribution in [1.82, 2.24) is 4.98 Å². The van der Waals surface area contributed by atoms with Gasteiger partial charge in [0.1, 0.15) is 11.6 Å². The molecule has 1 rings (SSSR count). The van der Waals surface area contributed by atoms with Gasteiger partial charge in [0.05, 0.1) is 12.1 Å². The first kappa shape index (κ1) is 11.8. The molecule has 0 aliphatic heterocycles. The molecule has 1 aromatic rings. The third-order valence-electron chi connectivity index (χ3n) is 2.82. The second-order valence-corrected chi connectivity index (χ2v) is 3.72. The molecule has 0 atom stereocenters. The summed E-state index contributed by atoms with van der Waals surface area (Å²) in [5.41, 5.74) is 5.30. The van der Waals surface area contributed by atoms with E-state index in [0.717, 1.165) is 12.8 Å². The number of nitrogens with zero attached hydrogens (tertiary/aromatic N) is 1. The van der Waals surface area contributed by atoms with Crippen LogP contribution in [-0.4, -0.2) is 22.2 Å². The average molecular weight is 209 g/mol. The molecule has 4 nitrogen and oxygen atoms in total. The molecular formula is C11H19N3O. The maximum Gasteiger partial charge on any atom is 0.128 e. The molecule has 0 aliphatic rings. The molecule has 4 heteroatoms. The summed E-state index contributed by atoms with van der Waals surface area (Å²) in [6.07, 6.45) is 1.69. The monoisotopic (exact) mass is 209 g/mol. The summed E-state index contributed by atoms with van der Waals surface area (Å²) in [6, 6.07) is 5.44. The lowest BCUT2D eigenvalue weighted by atomic mass is 9.94. The molecule has 0 spiro atoms. The summed E-state index contributed by atoms with van der Waals surface area (Å²) >= 11 is 0. The number of nitrogens with two attached hydrogens (primary N) is 1. The van der Waals surface area contributed by atoms with Gasteiger partial charge in [-0.1, -0.05) is 19.9 Å². The minimum absolute atomic E-state index is 0.0937. The number of hydrogen-bond donors (Lipinski definition) is 3. The molecule has 0 radical (unpaired) electrons. The summed E-state index contributed by atoms with van der Waals surface area (Å²) < 4.78 is 0. The zero-order valence-corrected chi connectivity index (χ0v) is 9.33. The Hall–Kier alpha value is -1.29. The molecule has 4 N–H and O–H groups in total. The lowest BCUT2D eigenvalue weighted by Gasteiger charge is -2.31. The Balaban J connectivity index is 2.82. The van der Waals surface area contributed by atoms with Crippen molar-refractivity contribution in [1.29, 1.82) is 0 Å². The van der Waals surface area contributed by atoms with E-state index in [0.29, 0.717) is 11.6 Å². The van der Waals surface area contributed by atoms with Crippen LogP contribution in [0.25, 0.3) is 0 Å². The molecule has 0 amide bonds. The minimum Gasteiger partial charge on any atom is -0.394 e. The number of aliphatic hydroxyl groups is 1. The predicted molar refractivity (Wildman–Crippen MR) is 62.7 cm³/mol. The van der Waals surface area contributed by atoms with Crippen LogP contribution in [0.1, 0.15) is 26.7 Å². The highest BCUT2D eigenvalue weighted by atomic mass is 16.3. The van der Waals surface area contributed by atoms with E-state index in [1.165, 1.54) is 0 Å². The van der Waals surface area contributed by atoms with E-state index in [1.54, 1.807) is 6.07 Å². The summed E-state index contributed by atoms with van der Waals surface area (Å²) in [7, 11) is 0. The highest BCUT2D eigenvalue weighted by Crippen LogP contribution is 2.20. The van der Waals surface area contributed by atoms with Gasteiger partial charge in [-0.15, -0.1) is 0 Å². The van der Waals surface area contributed by atoms with Gasteiger partial charge in [-0.05, 0) is 25.0 Å². The standard InChI is InChI=1S/C11H19N3O/c1-3-11(4-2,8-15)14-10-7-5-6-9(12)13-10/h5-7,15H,3-4,8H2,1-2H3,(H3,12,13,14). The molecule has 0 saturated carbocycles. The van der Waals surface area contributed by atoms with Crippen LogP contribution in [0.5, 0.6) is 0 Å². The number of nitrogen functional groups attached to an aromatic ring is 1. The number of pyridine rings is 1. The van der Waals surface area contributed by atoms with Crippen molar-refractivity contribution in [3.8, 4) is 0 Å². The molecule has 0 unspecified atom stereocenters. The van der Waals surface area contributed by atoms with E-state index in [1.807, 2.05) is 26.0 Å². The quantitative estimate of drug-likeness (QED) is 0.689. The van der Waals surface area contributed by atoms with Crippen molar-refractivity contribution in [3.63, 3.8) is 0 Å². The van der Waals surface area contributed by atoms with Crippen LogP contribution in [0.3, 0.4) is 0 Å². The number of nitrogens with one attached hydrogen (secondary N) is 1. The fraction of sp³-hybridized carbons (Fsp3) is 0.545. The normalized spacial score (nSPS) is 11.4. The van der Waals surface area contributed by atoms with Gasteiger partial charge in [-0.25, -0.2) is 4.98 Å². The first-order valence-electron chi connectivity index (χ1n) is 5.27. The van der Waals surface area contributed by atoms with Crippen LogP contribution >= 0.6 is 0 Å². The van der Waals surface area contributed by atoms with Gasteiger partial charge in [-0.2, -0.15) is 0 Å². The first-order valence-corrected chi connectivity index (χ1v) is 5.27. The highest BCUT2D eigenvalue weighted by Gasteiger charge is 2.25. The predicted octanol–water partition coefficient (Wildman–Crippen LogP) is 1.63. The molecule has 15 heavy (non-hydrogen) atoms. The maximum absolute atomic E-state index is 9.39. The van der Waals surface area contributed by atoms with Crippen molar-refractivity contribution < 1.29 is 5.11 Å². The molecule has 1 heterocycles. The first-order chi connectivity index (χ1) is 7.15. The molecule has 0 aliphatic carbocycles. The third-order valence-corrected chi connectivity index (χ3v) is 2.82. The average Bonchev–Trinajstić information content (AvgIpc) is 2.26. The van der Waals surface area contributed by atoms with Gasteiger partial charge < -0.3 is 16.2 Å². The fourth-order valence-electron chi connectivity index (χ4n) is 1.48. The maximum atomic E-state index is 9.39. The van der Waals surface area contributed by atoms with E-state index in [4.69, 9.17) is 5.73 Å². The SMILES string of the molecule is CCC(CC)(CO)Nc1cccc(N)n1. The smallest absolute Gasteiger partial charge is 0.128 e. The lowest BCUT2D eigenvalue weighted by molar-refractivity contribution is 0.202. The van der Waals surface area contributed by atoms with E-state index < -0.39 is 0 Å². The van der Waals surface area contributed by atoms with Crippen LogP contribution in [0.2, 0.25) is 0 Å². The lowest BCUT2D eigenvalue weighted by Crippen LogP contribution is -2.41. The Morgan fingerprint density at radius 2 is 2.07 bits per heavy atom. The Kier molecular flexibility index (Phi) is 3.91. The Bertz CT molecular complexity index is 302. The van der Waals surface area contributed by atoms with Gasteiger partial charge >= 0.3 is 0 Å². The second kappa shape index (κ2) is 4.98. The van der Waals surface area contributed by atoms with Gasteiger partial charge in [0.25, 0.3) is 0 Å². The molecule has 0 aromatic carbocycles. The van der Waals surface area contributed by atoms with Gasteiger partial charge in [-0.3, -0.25) is 0 Å². The molecular weight excluding hydrogens is 190 g/mol. The number of hydrogen-bond acceptors (Lipinski definition) is 4. The zero-order valence-electron chi connectivity index (χ0n) is 9.33. The zero-order chi connectivity index (χ0) is 11.3. The number of anilines is 2. The summed E-state index contributed by atoms with van der Waals surface area (Å²) in [4.78, 5) is 4.16. The summed E-state index contributed by atoms with van der Waals surface area (Å²) in [5, 5.41) is 12.6. The molecule has 84 valence electrons. The van der Waals surface area contributed by atoms with Crippen LogP contribution in [0.4, 0.5) is 11.6 Å². The fourth-order valence-corrected chi connectivity index (χ4v) is 1.48. The topological polar surface area (TPSA) is 71.2 Å².